The lowest BCUT2D eigenvalue weighted by molar-refractivity contribution is -0.0498. The summed E-state index contributed by atoms with van der Waals surface area (Å²) >= 11 is 1.34. The van der Waals surface area contributed by atoms with Crippen molar-refractivity contribution in [3.63, 3.8) is 0 Å². The number of rotatable bonds is 8. The molecule has 0 amide bonds. The molecule has 0 aliphatic heterocycles. The molecule has 3 aromatic rings. The van der Waals surface area contributed by atoms with Crippen molar-refractivity contribution in [1.29, 1.82) is 0 Å². The lowest BCUT2D eigenvalue weighted by Gasteiger charge is -2.12. The Morgan fingerprint density at radius 1 is 1.27 bits per heavy atom. The van der Waals surface area contributed by atoms with Crippen LogP contribution in [0.2, 0.25) is 0 Å². The maximum atomic E-state index is 13.1. The molecule has 6 nitrogen and oxygen atoms in total. The van der Waals surface area contributed by atoms with E-state index in [0.717, 1.165) is 35.7 Å². The number of aryl methyl sites for hydroxylation is 1. The fourth-order valence-corrected chi connectivity index (χ4v) is 4.27. The van der Waals surface area contributed by atoms with E-state index < -0.39 is 6.61 Å². The number of hydrogen-bond acceptors (Lipinski definition) is 5. The number of H-pyrrole nitrogens is 1. The summed E-state index contributed by atoms with van der Waals surface area (Å²) < 4.78 is 31.1. The Labute approximate surface area is 177 Å². The van der Waals surface area contributed by atoms with Gasteiger partial charge in [0.2, 0.25) is 5.16 Å². The average Bonchev–Trinajstić information content (AvgIpc) is 3.38. The number of aromatic nitrogens is 4. The van der Waals surface area contributed by atoms with Crippen LogP contribution in [0.5, 0.6) is 5.75 Å². The summed E-state index contributed by atoms with van der Waals surface area (Å²) in [4.78, 5) is 17.6. The van der Waals surface area contributed by atoms with Gasteiger partial charge in [-0.2, -0.15) is 8.78 Å². The van der Waals surface area contributed by atoms with Gasteiger partial charge in [0.1, 0.15) is 11.6 Å². The second-order valence-electron chi connectivity index (χ2n) is 7.39. The lowest BCUT2D eigenvalue weighted by atomic mass is 10.1. The van der Waals surface area contributed by atoms with Gasteiger partial charge in [-0.05, 0) is 63.9 Å². The van der Waals surface area contributed by atoms with Crippen LogP contribution in [0.15, 0.2) is 35.5 Å². The van der Waals surface area contributed by atoms with E-state index in [-0.39, 0.29) is 16.8 Å². The monoisotopic (exact) mass is 432 g/mol. The van der Waals surface area contributed by atoms with Crippen molar-refractivity contribution < 1.29 is 18.3 Å². The number of nitrogens with zero attached hydrogens (tertiary/aromatic N) is 3. The quantitative estimate of drug-likeness (QED) is 0.398. The number of Topliss-reactive ketones (excluding diaryl/α,β-unsaturated/α-hetero) is 1. The van der Waals surface area contributed by atoms with Gasteiger partial charge in [-0.15, -0.1) is 5.10 Å². The van der Waals surface area contributed by atoms with Crippen molar-refractivity contribution in [2.45, 2.75) is 56.5 Å². The first-order chi connectivity index (χ1) is 14.3. The predicted molar refractivity (Wildman–Crippen MR) is 110 cm³/mol. The van der Waals surface area contributed by atoms with E-state index in [0.29, 0.717) is 16.6 Å². The number of carbonyl (C=O) groups excluding carboxylic acids is 1. The summed E-state index contributed by atoms with van der Waals surface area (Å²) in [6, 6.07) is 8.21. The summed E-state index contributed by atoms with van der Waals surface area (Å²) in [5.74, 6) is 1.47. The van der Waals surface area contributed by atoms with Crippen LogP contribution in [-0.4, -0.2) is 37.4 Å². The molecule has 1 N–H and O–H groups in total. The summed E-state index contributed by atoms with van der Waals surface area (Å²) in [5.41, 5.74) is 3.07. The lowest BCUT2D eigenvalue weighted by Crippen LogP contribution is -2.15. The van der Waals surface area contributed by atoms with Crippen molar-refractivity contribution >= 4 is 17.5 Å². The molecule has 1 aromatic carbocycles. The molecule has 1 saturated carbocycles. The normalized spacial score (nSPS) is 14.9. The molecule has 1 fully saturated rings. The van der Waals surface area contributed by atoms with Gasteiger partial charge in [0.05, 0.1) is 5.25 Å². The molecule has 2 heterocycles. The number of thioether (sulfide) groups is 1. The van der Waals surface area contributed by atoms with Crippen molar-refractivity contribution in [1.82, 2.24) is 19.7 Å². The van der Waals surface area contributed by atoms with Crippen LogP contribution in [0, 0.1) is 13.8 Å². The maximum Gasteiger partial charge on any atom is 0.387 e. The van der Waals surface area contributed by atoms with Gasteiger partial charge in [0.15, 0.2) is 5.78 Å². The van der Waals surface area contributed by atoms with E-state index >= 15 is 0 Å². The van der Waals surface area contributed by atoms with Gasteiger partial charge >= 0.3 is 6.61 Å². The van der Waals surface area contributed by atoms with Crippen LogP contribution in [-0.2, 0) is 0 Å². The Morgan fingerprint density at radius 2 is 1.97 bits per heavy atom. The second kappa shape index (κ2) is 8.22. The number of alkyl halides is 2. The number of ether oxygens (including phenoxy) is 1. The summed E-state index contributed by atoms with van der Waals surface area (Å²) in [6.07, 6.45) is 2.27. The average molecular weight is 432 g/mol. The molecular weight excluding hydrogens is 410 g/mol. The van der Waals surface area contributed by atoms with Crippen LogP contribution in [0.1, 0.15) is 53.3 Å². The van der Waals surface area contributed by atoms with Crippen molar-refractivity contribution in [3.8, 4) is 11.4 Å². The highest BCUT2D eigenvalue weighted by Gasteiger charge is 2.28. The number of aromatic amines is 1. The molecule has 30 heavy (non-hydrogen) atoms. The molecule has 0 bridgehead atoms. The minimum atomic E-state index is -2.86. The van der Waals surface area contributed by atoms with Crippen molar-refractivity contribution in [2.75, 3.05) is 0 Å². The van der Waals surface area contributed by atoms with Gasteiger partial charge < -0.3 is 9.30 Å². The van der Waals surface area contributed by atoms with E-state index in [2.05, 4.69) is 19.9 Å². The highest BCUT2D eigenvalue weighted by Crippen LogP contribution is 2.38. The molecule has 1 aliphatic carbocycles. The topological polar surface area (TPSA) is 72.8 Å². The molecule has 0 spiro atoms. The number of hydrogen-bond donors (Lipinski definition) is 1. The Hall–Kier alpha value is -2.68. The van der Waals surface area contributed by atoms with Gasteiger partial charge in [-0.3, -0.25) is 9.89 Å². The number of nitrogens with one attached hydrogen (secondary N) is 1. The third-order valence-corrected chi connectivity index (χ3v) is 6.08. The predicted octanol–water partition coefficient (Wildman–Crippen LogP) is 5.05. The number of halogens is 2. The van der Waals surface area contributed by atoms with Gasteiger partial charge in [-0.25, -0.2) is 4.98 Å². The molecule has 1 aliphatic rings. The number of carbonyl (C=O) groups is 1. The summed E-state index contributed by atoms with van der Waals surface area (Å²) in [5, 5.41) is 7.42. The molecule has 2 aromatic heterocycles. The first kappa shape index (κ1) is 20.6. The second-order valence-corrected chi connectivity index (χ2v) is 8.70. The zero-order valence-electron chi connectivity index (χ0n) is 16.9. The number of benzene rings is 1. The van der Waals surface area contributed by atoms with Crippen LogP contribution in [0.25, 0.3) is 5.69 Å². The van der Waals surface area contributed by atoms with Gasteiger partial charge in [0, 0.05) is 28.6 Å². The first-order valence-corrected chi connectivity index (χ1v) is 10.6. The van der Waals surface area contributed by atoms with E-state index in [1.807, 2.05) is 31.4 Å². The molecule has 0 saturated heterocycles. The van der Waals surface area contributed by atoms with Gasteiger partial charge in [-0.1, -0.05) is 11.8 Å². The fourth-order valence-electron chi connectivity index (χ4n) is 3.47. The van der Waals surface area contributed by atoms with Crippen LogP contribution < -0.4 is 4.74 Å². The van der Waals surface area contributed by atoms with Crippen LogP contribution in [0.3, 0.4) is 0 Å². The highest BCUT2D eigenvalue weighted by molar-refractivity contribution is 8.00. The molecule has 1 atom stereocenters. The van der Waals surface area contributed by atoms with E-state index in [1.165, 1.54) is 23.9 Å². The first-order valence-electron chi connectivity index (χ1n) is 9.71. The highest BCUT2D eigenvalue weighted by atomic mass is 32.2. The molecule has 158 valence electrons. The minimum absolute atomic E-state index is 0.00484. The number of ketones is 1. The summed E-state index contributed by atoms with van der Waals surface area (Å²) in [7, 11) is 0. The zero-order chi connectivity index (χ0) is 21.4. The van der Waals surface area contributed by atoms with Crippen LogP contribution in [0.4, 0.5) is 8.78 Å². The zero-order valence-corrected chi connectivity index (χ0v) is 17.7. The Balaban J connectivity index is 1.52. The smallest absolute Gasteiger partial charge is 0.387 e. The Bertz CT molecular complexity index is 1060. The van der Waals surface area contributed by atoms with E-state index in [9.17, 15) is 13.6 Å². The molecular formula is C21H22F2N4O2S. The van der Waals surface area contributed by atoms with Gasteiger partial charge in [0.25, 0.3) is 0 Å². The largest absolute Gasteiger partial charge is 0.435 e. The molecule has 4 rings (SSSR count). The standard InChI is InChI=1S/C21H22F2N4O2S/c1-11-10-17(12(2)27(11)15-6-8-16(9-7-15)29-20(22)23)18(28)13(3)30-21-24-19(25-26-21)14-4-5-14/h6-10,13-14,20H,4-5H2,1-3H3,(H,24,25,26). The molecule has 1 unspecified atom stereocenters. The van der Waals surface area contributed by atoms with E-state index in [1.54, 1.807) is 12.1 Å². The summed E-state index contributed by atoms with van der Waals surface area (Å²) in [6.45, 7) is 2.77. The minimum Gasteiger partial charge on any atom is -0.435 e. The van der Waals surface area contributed by atoms with E-state index in [4.69, 9.17) is 0 Å². The Kier molecular flexibility index (Phi) is 5.64. The van der Waals surface area contributed by atoms with Crippen molar-refractivity contribution in [2.24, 2.45) is 0 Å². The third-order valence-electron chi connectivity index (χ3n) is 5.11. The maximum absolute atomic E-state index is 13.1. The fraction of sp³-hybridized carbons (Fsp3) is 0.381. The molecule has 9 heteroatoms. The molecule has 0 radical (unpaired) electrons. The third kappa shape index (κ3) is 4.26. The van der Waals surface area contributed by atoms with Crippen LogP contribution >= 0.6 is 11.8 Å². The van der Waals surface area contributed by atoms with Crippen molar-refractivity contribution in [3.05, 3.63) is 53.1 Å². The SMILES string of the molecule is Cc1cc(C(=O)C(C)Sc2n[nH]c(C3CC3)n2)c(C)n1-c1ccc(OC(F)F)cc1. The Morgan fingerprint density at radius 3 is 2.60 bits per heavy atom.